The van der Waals surface area contributed by atoms with Crippen molar-refractivity contribution in [3.05, 3.63) is 0 Å². The zero-order chi connectivity index (χ0) is 10.5. The van der Waals surface area contributed by atoms with Gasteiger partial charge in [-0.1, -0.05) is 0 Å². The van der Waals surface area contributed by atoms with E-state index in [-0.39, 0.29) is 10.9 Å². The normalized spacial score (nSPS) is 48.7. The second-order valence-corrected chi connectivity index (χ2v) is 6.14. The molecule has 4 nitrogen and oxygen atoms in total. The molecule has 0 saturated carbocycles. The zero-order valence-corrected chi connectivity index (χ0v) is 9.42. The van der Waals surface area contributed by atoms with Gasteiger partial charge in [0.05, 0.1) is 4.87 Å². The molecule has 2 bridgehead atoms. The summed E-state index contributed by atoms with van der Waals surface area (Å²) >= 11 is 1.83. The van der Waals surface area contributed by atoms with Crippen molar-refractivity contribution in [1.82, 2.24) is 10.2 Å². The molecule has 0 amide bonds. The van der Waals surface area contributed by atoms with Crippen LogP contribution in [0.25, 0.3) is 0 Å². The minimum absolute atomic E-state index is 0.0551. The average Bonchev–Trinajstić information content (AvgIpc) is 2.64. The van der Waals surface area contributed by atoms with Crippen LogP contribution in [0.2, 0.25) is 0 Å². The second kappa shape index (κ2) is 3.37. The molecule has 0 aromatic rings. The highest BCUT2D eigenvalue weighted by atomic mass is 32.2. The fourth-order valence-corrected chi connectivity index (χ4v) is 4.75. The number of carboxylic acid groups (broad SMARTS) is 1. The van der Waals surface area contributed by atoms with Gasteiger partial charge in [0.1, 0.15) is 6.04 Å². The van der Waals surface area contributed by atoms with Gasteiger partial charge in [0.25, 0.3) is 0 Å². The third-order valence-electron chi connectivity index (χ3n) is 3.93. The van der Waals surface area contributed by atoms with E-state index in [1.54, 1.807) is 0 Å². The van der Waals surface area contributed by atoms with E-state index >= 15 is 0 Å². The Labute approximate surface area is 93.4 Å². The number of carboxylic acids is 1. The molecule has 4 heterocycles. The molecule has 4 aliphatic rings. The third-order valence-corrected chi connectivity index (χ3v) is 5.53. The first-order valence-corrected chi connectivity index (χ1v) is 6.55. The highest BCUT2D eigenvalue weighted by Crippen LogP contribution is 2.46. The van der Waals surface area contributed by atoms with Gasteiger partial charge in [0, 0.05) is 12.3 Å². The quantitative estimate of drug-likeness (QED) is 0.671. The summed E-state index contributed by atoms with van der Waals surface area (Å²) in [6, 6.07) is -0.337. The van der Waals surface area contributed by atoms with Crippen LogP contribution >= 0.6 is 11.8 Å². The Kier molecular flexibility index (Phi) is 2.23. The van der Waals surface area contributed by atoms with Gasteiger partial charge in [-0.25, -0.2) is 0 Å². The molecule has 4 fully saturated rings. The lowest BCUT2D eigenvalue weighted by Crippen LogP contribution is -2.63. The molecule has 0 aromatic carbocycles. The maximum absolute atomic E-state index is 10.9. The number of thioether (sulfide) groups is 1. The highest BCUT2D eigenvalue weighted by Gasteiger charge is 2.52. The summed E-state index contributed by atoms with van der Waals surface area (Å²) in [4.78, 5) is 13.5. The Morgan fingerprint density at radius 1 is 1.47 bits per heavy atom. The van der Waals surface area contributed by atoms with Gasteiger partial charge < -0.3 is 10.0 Å². The van der Waals surface area contributed by atoms with E-state index in [9.17, 15) is 4.79 Å². The van der Waals surface area contributed by atoms with Gasteiger partial charge in [0.15, 0.2) is 0 Å². The number of piperidine rings is 3. The lowest BCUT2D eigenvalue weighted by molar-refractivity contribution is -0.139. The second-order valence-electron chi connectivity index (χ2n) is 4.79. The number of fused-ring (bicyclic) bond motifs is 2. The van der Waals surface area contributed by atoms with Crippen LogP contribution < -0.4 is 5.32 Å². The van der Waals surface area contributed by atoms with Crippen molar-refractivity contribution in [3.8, 4) is 0 Å². The van der Waals surface area contributed by atoms with Gasteiger partial charge in [-0.05, 0) is 31.8 Å². The van der Waals surface area contributed by atoms with E-state index in [2.05, 4.69) is 10.2 Å². The van der Waals surface area contributed by atoms with Crippen LogP contribution in [0, 0.1) is 5.92 Å². The molecule has 2 atom stereocenters. The van der Waals surface area contributed by atoms with E-state index in [0.29, 0.717) is 5.92 Å². The van der Waals surface area contributed by atoms with Gasteiger partial charge in [-0.15, -0.1) is 11.8 Å². The molecule has 4 aliphatic heterocycles. The minimum Gasteiger partial charge on any atom is -0.480 e. The van der Waals surface area contributed by atoms with Crippen LogP contribution in [0.5, 0.6) is 0 Å². The number of aliphatic carboxylic acids is 1. The minimum atomic E-state index is -0.698. The predicted octanol–water partition coefficient (Wildman–Crippen LogP) is 0.198. The van der Waals surface area contributed by atoms with Gasteiger partial charge in [0.2, 0.25) is 0 Å². The first kappa shape index (κ1) is 9.93. The van der Waals surface area contributed by atoms with Crippen LogP contribution in [-0.2, 0) is 4.79 Å². The Morgan fingerprint density at radius 3 is 2.67 bits per heavy atom. The summed E-state index contributed by atoms with van der Waals surface area (Å²) in [5.74, 6) is 0.701. The number of hydrogen-bond donors (Lipinski definition) is 2. The van der Waals surface area contributed by atoms with Gasteiger partial charge in [-0.2, -0.15) is 0 Å². The number of carbonyl (C=O) groups is 1. The fraction of sp³-hybridized carbons (Fsp3) is 0.900. The van der Waals surface area contributed by atoms with E-state index in [0.717, 1.165) is 12.3 Å². The van der Waals surface area contributed by atoms with E-state index in [1.165, 1.54) is 25.9 Å². The summed E-state index contributed by atoms with van der Waals surface area (Å²) in [5.41, 5.74) is 0. The lowest BCUT2D eigenvalue weighted by atomic mass is 9.83. The Morgan fingerprint density at radius 2 is 2.20 bits per heavy atom. The molecule has 15 heavy (non-hydrogen) atoms. The average molecular weight is 228 g/mol. The molecular formula is C10H16N2O2S. The Balaban J connectivity index is 1.78. The maximum atomic E-state index is 10.9. The smallest absolute Gasteiger partial charge is 0.321 e. The Bertz CT molecular complexity index is 291. The number of nitrogens with one attached hydrogen (secondary N) is 1. The van der Waals surface area contributed by atoms with Crippen molar-refractivity contribution in [2.24, 2.45) is 5.92 Å². The maximum Gasteiger partial charge on any atom is 0.321 e. The molecule has 1 unspecified atom stereocenters. The third kappa shape index (κ3) is 1.48. The lowest BCUT2D eigenvalue weighted by Gasteiger charge is -2.51. The molecule has 4 rings (SSSR count). The molecule has 0 radical (unpaired) electrons. The van der Waals surface area contributed by atoms with Gasteiger partial charge >= 0.3 is 5.97 Å². The van der Waals surface area contributed by atoms with Crippen LogP contribution in [0.15, 0.2) is 0 Å². The number of hydrogen-bond acceptors (Lipinski definition) is 4. The first-order chi connectivity index (χ1) is 7.20. The molecule has 4 saturated heterocycles. The van der Waals surface area contributed by atoms with Crippen LogP contribution in [0.4, 0.5) is 0 Å². The zero-order valence-electron chi connectivity index (χ0n) is 8.61. The molecule has 84 valence electrons. The predicted molar refractivity (Wildman–Crippen MR) is 58.9 cm³/mol. The summed E-state index contributed by atoms with van der Waals surface area (Å²) in [6.45, 7) is 3.44. The number of nitrogens with zero attached hydrogens (tertiary/aromatic N) is 1. The molecular weight excluding hydrogens is 212 g/mol. The SMILES string of the molecule is O=C(O)[C@@H]1CSC2(CN3CCC2CC3)N1. The largest absolute Gasteiger partial charge is 0.480 e. The molecule has 1 spiro atoms. The summed E-state index contributed by atoms with van der Waals surface area (Å²) in [5, 5.41) is 12.4. The van der Waals surface area contributed by atoms with Crippen molar-refractivity contribution >= 4 is 17.7 Å². The molecule has 5 heteroatoms. The van der Waals surface area contributed by atoms with E-state index in [4.69, 9.17) is 5.11 Å². The standard InChI is InChI=1S/C10H16N2O2S/c13-9(14)8-5-15-10(11-8)6-12-3-1-7(10)2-4-12/h7-8,11H,1-6H2,(H,13,14)/t8-,10?/m0/s1. The topological polar surface area (TPSA) is 52.6 Å². The van der Waals surface area contributed by atoms with Crippen molar-refractivity contribution in [1.29, 1.82) is 0 Å². The van der Waals surface area contributed by atoms with Crippen molar-refractivity contribution in [2.45, 2.75) is 23.8 Å². The fourth-order valence-electron chi connectivity index (χ4n) is 3.09. The highest BCUT2D eigenvalue weighted by molar-refractivity contribution is 8.01. The number of rotatable bonds is 1. The van der Waals surface area contributed by atoms with Crippen LogP contribution in [-0.4, -0.2) is 52.3 Å². The van der Waals surface area contributed by atoms with Crippen molar-refractivity contribution in [2.75, 3.05) is 25.4 Å². The Hall–Kier alpha value is -0.260. The monoisotopic (exact) mass is 228 g/mol. The van der Waals surface area contributed by atoms with Crippen LogP contribution in [0.1, 0.15) is 12.8 Å². The van der Waals surface area contributed by atoms with E-state index in [1.807, 2.05) is 11.8 Å². The van der Waals surface area contributed by atoms with Crippen molar-refractivity contribution < 1.29 is 9.90 Å². The molecule has 0 aliphatic carbocycles. The summed E-state index contributed by atoms with van der Waals surface area (Å²) in [7, 11) is 0. The van der Waals surface area contributed by atoms with Crippen molar-refractivity contribution in [3.63, 3.8) is 0 Å². The molecule has 0 aromatic heterocycles. The summed E-state index contributed by atoms with van der Waals surface area (Å²) < 4.78 is 0. The summed E-state index contributed by atoms with van der Waals surface area (Å²) in [6.07, 6.45) is 2.46. The van der Waals surface area contributed by atoms with Crippen LogP contribution in [0.3, 0.4) is 0 Å². The van der Waals surface area contributed by atoms with E-state index < -0.39 is 5.97 Å². The molecule has 2 N–H and O–H groups in total. The van der Waals surface area contributed by atoms with Gasteiger partial charge in [-0.3, -0.25) is 10.1 Å². The first-order valence-electron chi connectivity index (χ1n) is 5.56.